The molecule has 1 rings (SSSR count). The number of hydrogen-bond donors (Lipinski definition) is 1. The molecule has 1 saturated heterocycles. The fraction of sp³-hybridized carbons (Fsp3) is 0.786. The molecule has 2 unspecified atom stereocenters. The Kier molecular flexibility index (Phi) is 5.03. The Morgan fingerprint density at radius 2 is 2.28 bits per heavy atom. The summed E-state index contributed by atoms with van der Waals surface area (Å²) in [5, 5.41) is 0. The van der Waals surface area contributed by atoms with Gasteiger partial charge in [-0.15, -0.1) is 12.3 Å². The summed E-state index contributed by atoms with van der Waals surface area (Å²) >= 11 is 0. The Labute approximate surface area is 110 Å². The van der Waals surface area contributed by atoms with E-state index >= 15 is 0 Å². The van der Waals surface area contributed by atoms with Gasteiger partial charge >= 0.3 is 6.09 Å². The van der Waals surface area contributed by atoms with Crippen LogP contribution in [0.5, 0.6) is 0 Å². The molecule has 0 radical (unpaired) electrons. The van der Waals surface area contributed by atoms with Gasteiger partial charge in [0.25, 0.3) is 0 Å². The highest BCUT2D eigenvalue weighted by atomic mass is 16.6. The summed E-state index contributed by atoms with van der Waals surface area (Å²) in [5.74, 6) is 2.94. The average molecular weight is 252 g/mol. The van der Waals surface area contributed by atoms with Crippen LogP contribution in [0.4, 0.5) is 4.79 Å². The van der Waals surface area contributed by atoms with Crippen molar-refractivity contribution < 1.29 is 9.53 Å². The first-order valence-electron chi connectivity index (χ1n) is 6.50. The third-order valence-electron chi connectivity index (χ3n) is 3.10. The maximum atomic E-state index is 11.9. The van der Waals surface area contributed by atoms with Gasteiger partial charge in [-0.25, -0.2) is 4.79 Å². The van der Waals surface area contributed by atoms with Crippen molar-refractivity contribution >= 4 is 6.09 Å². The monoisotopic (exact) mass is 252 g/mol. The average Bonchev–Trinajstić information content (AvgIpc) is 2.72. The second-order valence-corrected chi connectivity index (χ2v) is 5.88. The molecular weight excluding hydrogens is 228 g/mol. The van der Waals surface area contributed by atoms with Crippen LogP contribution in [-0.4, -0.2) is 35.7 Å². The van der Waals surface area contributed by atoms with Crippen molar-refractivity contribution in [3.05, 3.63) is 0 Å². The quantitative estimate of drug-likeness (QED) is 0.781. The molecule has 1 heterocycles. The summed E-state index contributed by atoms with van der Waals surface area (Å²) in [6.45, 7) is 7.02. The second-order valence-electron chi connectivity index (χ2n) is 5.88. The van der Waals surface area contributed by atoms with Crippen LogP contribution in [0.15, 0.2) is 0 Å². The van der Waals surface area contributed by atoms with Crippen LogP contribution in [0.25, 0.3) is 0 Å². The van der Waals surface area contributed by atoms with Gasteiger partial charge in [0, 0.05) is 25.6 Å². The van der Waals surface area contributed by atoms with Gasteiger partial charge in [0.05, 0.1) is 0 Å². The van der Waals surface area contributed by atoms with Gasteiger partial charge in [0.1, 0.15) is 5.60 Å². The van der Waals surface area contributed by atoms with Crippen molar-refractivity contribution in [3.8, 4) is 12.3 Å². The molecule has 2 atom stereocenters. The van der Waals surface area contributed by atoms with E-state index in [2.05, 4.69) is 5.92 Å². The number of likely N-dealkylation sites (tertiary alicyclic amines) is 1. The maximum Gasteiger partial charge on any atom is 0.410 e. The topological polar surface area (TPSA) is 55.6 Å². The van der Waals surface area contributed by atoms with E-state index in [4.69, 9.17) is 16.9 Å². The molecule has 1 amide bonds. The highest BCUT2D eigenvalue weighted by Crippen LogP contribution is 2.23. The van der Waals surface area contributed by atoms with E-state index in [1.165, 1.54) is 0 Å². The van der Waals surface area contributed by atoms with E-state index in [9.17, 15) is 4.79 Å². The molecule has 1 aliphatic heterocycles. The van der Waals surface area contributed by atoms with E-state index in [0.29, 0.717) is 18.9 Å². The number of terminal acetylenes is 1. The van der Waals surface area contributed by atoms with Crippen molar-refractivity contribution in [2.75, 3.05) is 13.1 Å². The van der Waals surface area contributed by atoms with Gasteiger partial charge in [-0.3, -0.25) is 0 Å². The molecule has 0 bridgehead atoms. The van der Waals surface area contributed by atoms with E-state index in [-0.39, 0.29) is 12.1 Å². The van der Waals surface area contributed by atoms with Crippen LogP contribution < -0.4 is 5.73 Å². The molecule has 0 saturated carbocycles. The van der Waals surface area contributed by atoms with Gasteiger partial charge in [0.15, 0.2) is 0 Å². The van der Waals surface area contributed by atoms with Crippen LogP contribution in [-0.2, 0) is 4.74 Å². The van der Waals surface area contributed by atoms with Crippen LogP contribution in [0.2, 0.25) is 0 Å². The molecule has 2 N–H and O–H groups in total. The number of hydrogen-bond acceptors (Lipinski definition) is 3. The minimum absolute atomic E-state index is 0.0773. The first-order valence-corrected chi connectivity index (χ1v) is 6.50. The zero-order valence-corrected chi connectivity index (χ0v) is 11.6. The number of rotatable bonds is 3. The third kappa shape index (κ3) is 4.58. The molecule has 18 heavy (non-hydrogen) atoms. The molecule has 0 aromatic carbocycles. The lowest BCUT2D eigenvalue weighted by molar-refractivity contribution is 0.0286. The van der Waals surface area contributed by atoms with Gasteiger partial charge in [-0.2, -0.15) is 0 Å². The van der Waals surface area contributed by atoms with Gasteiger partial charge in [0.2, 0.25) is 0 Å². The summed E-state index contributed by atoms with van der Waals surface area (Å²) in [4.78, 5) is 13.6. The summed E-state index contributed by atoms with van der Waals surface area (Å²) in [5.41, 5.74) is 5.64. The Morgan fingerprint density at radius 3 is 2.83 bits per heavy atom. The van der Waals surface area contributed by atoms with E-state index in [0.717, 1.165) is 19.4 Å². The molecule has 1 aliphatic rings. The number of amides is 1. The van der Waals surface area contributed by atoms with E-state index in [1.54, 1.807) is 4.90 Å². The fourth-order valence-electron chi connectivity index (χ4n) is 2.11. The first-order chi connectivity index (χ1) is 8.33. The predicted octanol–water partition coefficient (Wildman–Crippen LogP) is 1.98. The lowest BCUT2D eigenvalue weighted by Gasteiger charge is -2.25. The molecule has 102 valence electrons. The number of carbonyl (C=O) groups is 1. The molecule has 0 aliphatic carbocycles. The van der Waals surface area contributed by atoms with Crippen molar-refractivity contribution in [2.24, 2.45) is 11.7 Å². The normalized spacial score (nSPS) is 21.5. The summed E-state index contributed by atoms with van der Waals surface area (Å²) in [6.07, 6.45) is 7.45. The highest BCUT2D eigenvalue weighted by Gasteiger charge is 2.32. The molecule has 0 spiro atoms. The second kappa shape index (κ2) is 6.10. The third-order valence-corrected chi connectivity index (χ3v) is 3.10. The molecule has 0 aromatic rings. The Bertz CT molecular complexity index is 328. The van der Waals surface area contributed by atoms with Crippen molar-refractivity contribution in [3.63, 3.8) is 0 Å². The zero-order chi connectivity index (χ0) is 13.8. The minimum atomic E-state index is -0.444. The number of ether oxygens (including phenoxy) is 1. The van der Waals surface area contributed by atoms with Crippen LogP contribution in [0.1, 0.15) is 40.0 Å². The summed E-state index contributed by atoms with van der Waals surface area (Å²) in [7, 11) is 0. The fourth-order valence-corrected chi connectivity index (χ4v) is 2.11. The van der Waals surface area contributed by atoms with Crippen molar-refractivity contribution in [1.82, 2.24) is 4.90 Å². The zero-order valence-electron chi connectivity index (χ0n) is 11.6. The number of nitrogens with two attached hydrogens (primary N) is 1. The van der Waals surface area contributed by atoms with E-state index in [1.807, 2.05) is 20.8 Å². The Hall–Kier alpha value is -1.21. The first kappa shape index (κ1) is 14.8. The van der Waals surface area contributed by atoms with Crippen LogP contribution in [0, 0.1) is 18.3 Å². The van der Waals surface area contributed by atoms with Gasteiger partial charge in [-0.05, 0) is 39.5 Å². The smallest absolute Gasteiger partial charge is 0.410 e. The molecule has 0 aromatic heterocycles. The number of carbonyl (C=O) groups excluding carboxylic acids is 1. The van der Waals surface area contributed by atoms with Crippen molar-refractivity contribution in [1.29, 1.82) is 0 Å². The summed E-state index contributed by atoms with van der Waals surface area (Å²) in [6, 6.07) is 0.0773. The van der Waals surface area contributed by atoms with Crippen LogP contribution >= 0.6 is 0 Å². The van der Waals surface area contributed by atoms with Gasteiger partial charge in [-0.1, -0.05) is 0 Å². The molecule has 1 fully saturated rings. The Morgan fingerprint density at radius 1 is 1.61 bits per heavy atom. The Balaban J connectivity index is 2.41. The lowest BCUT2D eigenvalue weighted by Crippen LogP contribution is -2.37. The molecule has 4 nitrogen and oxygen atoms in total. The molecule has 4 heteroatoms. The largest absolute Gasteiger partial charge is 0.444 e. The standard InChI is InChI=1S/C14H24N2O2/c1-5-6-7-12(15)11-8-9-16(10-11)13(17)18-14(2,3)4/h1,11-12H,6-10,15H2,2-4H3. The lowest BCUT2D eigenvalue weighted by atomic mass is 9.96. The minimum Gasteiger partial charge on any atom is -0.444 e. The molecular formula is C14H24N2O2. The predicted molar refractivity (Wildman–Crippen MR) is 72.0 cm³/mol. The van der Waals surface area contributed by atoms with Crippen LogP contribution in [0.3, 0.4) is 0 Å². The number of nitrogens with zero attached hydrogens (tertiary/aromatic N) is 1. The highest BCUT2D eigenvalue weighted by molar-refractivity contribution is 5.68. The van der Waals surface area contributed by atoms with Gasteiger partial charge < -0.3 is 15.4 Å². The van der Waals surface area contributed by atoms with E-state index < -0.39 is 5.60 Å². The van der Waals surface area contributed by atoms with Crippen molar-refractivity contribution in [2.45, 2.75) is 51.7 Å². The summed E-state index contributed by atoms with van der Waals surface area (Å²) < 4.78 is 5.34. The maximum absolute atomic E-state index is 11.9. The SMILES string of the molecule is C#CCCC(N)C1CCN(C(=O)OC(C)(C)C)C1.